The van der Waals surface area contributed by atoms with Gasteiger partial charge in [0.25, 0.3) is 0 Å². The van der Waals surface area contributed by atoms with Gasteiger partial charge in [-0.1, -0.05) is 65.6 Å². The third-order valence-corrected chi connectivity index (χ3v) is 8.25. The van der Waals surface area contributed by atoms with Gasteiger partial charge in [-0.15, -0.1) is 10.2 Å². The summed E-state index contributed by atoms with van der Waals surface area (Å²) in [6.45, 7) is 0. The number of methoxy groups -OCH3 is 1. The van der Waals surface area contributed by atoms with E-state index >= 15 is 0 Å². The van der Waals surface area contributed by atoms with Crippen LogP contribution in [0.5, 0.6) is 5.75 Å². The molecule has 7 nitrogen and oxygen atoms in total. The standard InChI is InChI=1S/C26H23N5O2S2/c1-33-18-10-5-9-17(13-18)22-19(14-27)24(28)31(20-11-6-12-21(32)23(20)22)25-29-30-26(35-25)34-15-16-7-3-2-4-8-16/h2-5,7-10,13,22H,6,11-12,15,28H2,1H3. The van der Waals surface area contributed by atoms with Gasteiger partial charge >= 0.3 is 0 Å². The summed E-state index contributed by atoms with van der Waals surface area (Å²) in [5.41, 5.74) is 10.4. The number of Topliss-reactive ketones (excluding diaryl/α,β-unsaturated/α-hetero) is 1. The van der Waals surface area contributed by atoms with Gasteiger partial charge in [0.05, 0.1) is 24.7 Å². The Morgan fingerprint density at radius 3 is 2.80 bits per heavy atom. The van der Waals surface area contributed by atoms with E-state index in [4.69, 9.17) is 10.5 Å². The van der Waals surface area contributed by atoms with Gasteiger partial charge in [0, 0.05) is 23.4 Å². The molecule has 1 aliphatic heterocycles. The number of aromatic nitrogens is 2. The van der Waals surface area contributed by atoms with Crippen molar-refractivity contribution in [2.45, 2.75) is 35.3 Å². The highest BCUT2D eigenvalue weighted by Gasteiger charge is 2.41. The van der Waals surface area contributed by atoms with E-state index in [2.05, 4.69) is 28.4 Å². The normalized spacial score (nSPS) is 17.9. The van der Waals surface area contributed by atoms with E-state index in [0.29, 0.717) is 40.7 Å². The summed E-state index contributed by atoms with van der Waals surface area (Å²) < 4.78 is 6.19. The number of nitrogens with two attached hydrogens (primary N) is 1. The van der Waals surface area contributed by atoms with Crippen molar-refractivity contribution in [3.63, 3.8) is 0 Å². The second-order valence-corrected chi connectivity index (χ2v) is 10.4. The quantitative estimate of drug-likeness (QED) is 0.463. The van der Waals surface area contributed by atoms with Crippen molar-refractivity contribution in [1.29, 1.82) is 5.26 Å². The van der Waals surface area contributed by atoms with Gasteiger partial charge in [-0.2, -0.15) is 5.26 Å². The van der Waals surface area contributed by atoms with Gasteiger partial charge in [-0.05, 0) is 36.1 Å². The molecule has 0 fully saturated rings. The fraction of sp³-hybridized carbons (Fsp3) is 0.231. The zero-order valence-electron chi connectivity index (χ0n) is 19.1. The first-order valence-electron chi connectivity index (χ1n) is 11.2. The minimum atomic E-state index is -0.533. The first kappa shape index (κ1) is 23.1. The average Bonchev–Trinajstić information content (AvgIpc) is 3.36. The summed E-state index contributed by atoms with van der Waals surface area (Å²) in [4.78, 5) is 15.0. The highest BCUT2D eigenvalue weighted by molar-refractivity contribution is 8.00. The lowest BCUT2D eigenvalue weighted by Gasteiger charge is -2.38. The Hall–Kier alpha value is -3.61. The van der Waals surface area contributed by atoms with Crippen molar-refractivity contribution < 1.29 is 9.53 Å². The third-order valence-electron chi connectivity index (χ3n) is 6.13. The number of rotatable bonds is 6. The SMILES string of the molecule is COc1cccc(C2C(C#N)=C(N)N(c3nnc(SCc4ccccc4)s3)C3=C2C(=O)CCC3)c1. The first-order valence-corrected chi connectivity index (χ1v) is 13.0. The molecule has 1 atom stereocenters. The zero-order chi connectivity index (χ0) is 24.4. The van der Waals surface area contributed by atoms with Crippen molar-refractivity contribution in [3.05, 3.63) is 88.4 Å². The Labute approximate surface area is 211 Å². The molecular weight excluding hydrogens is 478 g/mol. The number of ether oxygens (including phenoxy) is 1. The molecule has 3 aromatic rings. The van der Waals surface area contributed by atoms with Crippen molar-refractivity contribution in [1.82, 2.24) is 10.2 Å². The largest absolute Gasteiger partial charge is 0.497 e. The van der Waals surface area contributed by atoms with Gasteiger partial charge < -0.3 is 10.5 Å². The summed E-state index contributed by atoms with van der Waals surface area (Å²) >= 11 is 3.01. The predicted molar refractivity (Wildman–Crippen MR) is 137 cm³/mol. The summed E-state index contributed by atoms with van der Waals surface area (Å²) in [6, 6.07) is 19.9. The van der Waals surface area contributed by atoms with Gasteiger partial charge in [0.15, 0.2) is 10.1 Å². The van der Waals surface area contributed by atoms with Crippen LogP contribution < -0.4 is 15.4 Å². The van der Waals surface area contributed by atoms with E-state index in [0.717, 1.165) is 27.8 Å². The number of hydrogen-bond acceptors (Lipinski definition) is 9. The summed E-state index contributed by atoms with van der Waals surface area (Å²) in [7, 11) is 1.59. The molecule has 2 aromatic carbocycles. The van der Waals surface area contributed by atoms with Crippen molar-refractivity contribution in [2.24, 2.45) is 5.73 Å². The molecule has 176 valence electrons. The van der Waals surface area contributed by atoms with Crippen molar-refractivity contribution >= 4 is 34.0 Å². The van der Waals surface area contributed by atoms with E-state index in [-0.39, 0.29) is 5.78 Å². The first-order chi connectivity index (χ1) is 17.1. The smallest absolute Gasteiger partial charge is 0.219 e. The number of anilines is 1. The molecule has 9 heteroatoms. The lowest BCUT2D eigenvalue weighted by atomic mass is 9.76. The van der Waals surface area contributed by atoms with Crippen molar-refractivity contribution in [2.75, 3.05) is 12.0 Å². The maximum absolute atomic E-state index is 13.3. The number of benzene rings is 2. The molecular formula is C26H23N5O2S2. The molecule has 1 unspecified atom stereocenters. The molecule has 0 bridgehead atoms. The Bertz CT molecular complexity index is 1370. The van der Waals surface area contributed by atoms with Crippen LogP contribution in [0.2, 0.25) is 0 Å². The van der Waals surface area contributed by atoms with Crippen LogP contribution >= 0.6 is 23.1 Å². The van der Waals surface area contributed by atoms with Crippen LogP contribution in [0.1, 0.15) is 36.3 Å². The molecule has 1 aliphatic carbocycles. The zero-order valence-corrected chi connectivity index (χ0v) is 20.7. The van der Waals surface area contributed by atoms with Crippen LogP contribution in [-0.2, 0) is 10.5 Å². The molecule has 0 saturated carbocycles. The van der Waals surface area contributed by atoms with E-state index in [1.165, 1.54) is 16.9 Å². The maximum Gasteiger partial charge on any atom is 0.219 e. The molecule has 1 aromatic heterocycles. The number of allylic oxidation sites excluding steroid dienone is 3. The van der Waals surface area contributed by atoms with Crippen LogP contribution in [0.15, 0.2) is 81.6 Å². The molecule has 2 aliphatic rings. The minimum absolute atomic E-state index is 0.0347. The van der Waals surface area contributed by atoms with Crippen molar-refractivity contribution in [3.8, 4) is 11.8 Å². The number of hydrogen-bond donors (Lipinski definition) is 1. The van der Waals surface area contributed by atoms with Gasteiger partial charge in [0.2, 0.25) is 5.13 Å². The van der Waals surface area contributed by atoms with Crippen LogP contribution in [-0.4, -0.2) is 23.1 Å². The highest BCUT2D eigenvalue weighted by Crippen LogP contribution is 2.47. The second-order valence-electron chi connectivity index (χ2n) is 8.22. The fourth-order valence-electron chi connectivity index (χ4n) is 4.53. The molecule has 35 heavy (non-hydrogen) atoms. The summed E-state index contributed by atoms with van der Waals surface area (Å²) in [5, 5.41) is 19.5. The van der Waals surface area contributed by atoms with E-state index in [1.807, 2.05) is 42.5 Å². The number of thioether (sulfide) groups is 1. The van der Waals surface area contributed by atoms with E-state index in [1.54, 1.807) is 23.8 Å². The Morgan fingerprint density at radius 2 is 2.03 bits per heavy atom. The topological polar surface area (TPSA) is 105 Å². The minimum Gasteiger partial charge on any atom is -0.497 e. The van der Waals surface area contributed by atoms with Crippen LogP contribution in [0.4, 0.5) is 5.13 Å². The molecule has 2 heterocycles. The Balaban J connectivity index is 1.54. The van der Waals surface area contributed by atoms with Gasteiger partial charge in [-0.25, -0.2) is 0 Å². The molecule has 0 saturated heterocycles. The van der Waals surface area contributed by atoms with Crippen LogP contribution in [0.25, 0.3) is 0 Å². The fourth-order valence-corrected chi connectivity index (χ4v) is 6.37. The second kappa shape index (κ2) is 9.94. The lowest BCUT2D eigenvalue weighted by molar-refractivity contribution is -0.116. The lowest BCUT2D eigenvalue weighted by Crippen LogP contribution is -2.38. The number of nitriles is 1. The Kier molecular flexibility index (Phi) is 6.57. The van der Waals surface area contributed by atoms with Crippen LogP contribution in [0.3, 0.4) is 0 Å². The summed E-state index contributed by atoms with van der Waals surface area (Å²) in [6.07, 6.45) is 1.84. The number of nitrogens with zero attached hydrogens (tertiary/aromatic N) is 4. The number of ketones is 1. The molecule has 0 radical (unpaired) electrons. The highest BCUT2D eigenvalue weighted by atomic mass is 32.2. The molecule has 2 N–H and O–H groups in total. The Morgan fingerprint density at radius 1 is 1.20 bits per heavy atom. The molecule has 0 spiro atoms. The molecule has 5 rings (SSSR count). The van der Waals surface area contributed by atoms with E-state index in [9.17, 15) is 10.1 Å². The van der Waals surface area contributed by atoms with E-state index < -0.39 is 5.92 Å². The third kappa shape index (κ3) is 4.43. The monoisotopic (exact) mass is 501 g/mol. The summed E-state index contributed by atoms with van der Waals surface area (Å²) in [5.74, 6) is 1.23. The molecule has 0 amide bonds. The predicted octanol–water partition coefficient (Wildman–Crippen LogP) is 5.14. The van der Waals surface area contributed by atoms with Gasteiger partial charge in [-0.3, -0.25) is 9.69 Å². The average molecular weight is 502 g/mol. The maximum atomic E-state index is 13.3. The number of carbonyl (C=O) groups is 1. The number of carbonyl (C=O) groups excluding carboxylic acids is 1. The van der Waals surface area contributed by atoms with Crippen LogP contribution in [0, 0.1) is 11.3 Å². The van der Waals surface area contributed by atoms with Gasteiger partial charge in [0.1, 0.15) is 11.6 Å².